The molecule has 2 aliphatic rings. The van der Waals surface area contributed by atoms with Crippen molar-refractivity contribution in [2.24, 2.45) is 22.7 Å². The van der Waals surface area contributed by atoms with E-state index in [0.717, 1.165) is 12.8 Å². The molecular weight excluding hydrogens is 330 g/mol. The van der Waals surface area contributed by atoms with E-state index in [4.69, 9.17) is 15.2 Å². The number of hydrogen-bond donors (Lipinski definition) is 1. The Morgan fingerprint density at radius 3 is 2.65 bits per heavy atom. The molecule has 2 N–H and O–H groups in total. The van der Waals surface area contributed by atoms with Crippen molar-refractivity contribution < 1.29 is 19.1 Å². The first-order valence-electron chi connectivity index (χ1n) is 9.10. The molecule has 2 saturated carbocycles. The summed E-state index contributed by atoms with van der Waals surface area (Å²) in [4.78, 5) is 23.3. The lowest BCUT2D eigenvalue weighted by molar-refractivity contribution is 0.0389. The second kappa shape index (κ2) is 6.48. The van der Waals surface area contributed by atoms with Gasteiger partial charge < -0.3 is 15.2 Å². The zero-order valence-electron chi connectivity index (χ0n) is 15.9. The predicted molar refractivity (Wildman–Crippen MR) is 99.6 cm³/mol. The summed E-state index contributed by atoms with van der Waals surface area (Å²) in [6, 6.07) is 4.83. The third kappa shape index (κ3) is 2.71. The normalized spacial score (nSPS) is 29.7. The van der Waals surface area contributed by atoms with Crippen LogP contribution >= 0.6 is 0 Å². The van der Waals surface area contributed by atoms with Crippen LogP contribution < -0.4 is 10.5 Å². The van der Waals surface area contributed by atoms with Crippen LogP contribution in [-0.4, -0.2) is 25.1 Å². The molecule has 0 spiro atoms. The van der Waals surface area contributed by atoms with Crippen molar-refractivity contribution in [2.45, 2.75) is 46.1 Å². The molecule has 2 bridgehead atoms. The van der Waals surface area contributed by atoms with E-state index in [2.05, 4.69) is 20.8 Å². The van der Waals surface area contributed by atoms with Crippen LogP contribution in [0.3, 0.4) is 0 Å². The Balaban J connectivity index is 1.96. The monoisotopic (exact) mass is 357 g/mol. The molecule has 0 radical (unpaired) electrons. The molecule has 0 aromatic heterocycles. The van der Waals surface area contributed by atoms with Crippen LogP contribution in [0.4, 0.5) is 5.69 Å². The first kappa shape index (κ1) is 18.5. The predicted octanol–water partition coefficient (Wildman–Crippen LogP) is 3.65. The number of benzene rings is 1. The Labute approximate surface area is 154 Å². The Morgan fingerprint density at radius 2 is 2.12 bits per heavy atom. The van der Waals surface area contributed by atoms with E-state index in [9.17, 15) is 9.59 Å². The second-order valence-corrected chi connectivity index (χ2v) is 8.33. The van der Waals surface area contributed by atoms with Gasteiger partial charge in [-0.25, -0.2) is 9.59 Å². The Kier molecular flexibility index (Phi) is 4.61. The zero-order valence-corrected chi connectivity index (χ0v) is 15.9. The van der Waals surface area contributed by atoms with Crippen molar-refractivity contribution in [2.75, 3.05) is 12.8 Å². The Hall–Kier alpha value is -2.26. The smallest absolute Gasteiger partial charge is 0.341 e. The van der Waals surface area contributed by atoms with Gasteiger partial charge in [0.15, 0.2) is 0 Å². The lowest BCUT2D eigenvalue weighted by Crippen LogP contribution is -2.40. The molecule has 0 saturated heterocycles. The van der Waals surface area contributed by atoms with Crippen LogP contribution in [0, 0.1) is 22.7 Å². The van der Waals surface area contributed by atoms with Crippen molar-refractivity contribution in [1.29, 1.82) is 0 Å². The van der Waals surface area contributed by atoms with Crippen LogP contribution in [0.5, 0.6) is 5.75 Å². The van der Waals surface area contributed by atoms with Gasteiger partial charge in [-0.3, -0.25) is 0 Å². The van der Waals surface area contributed by atoms with Gasteiger partial charge in [-0.05, 0) is 48.1 Å². The molecule has 26 heavy (non-hydrogen) atoms. The van der Waals surface area contributed by atoms with Gasteiger partial charge in [-0.1, -0.05) is 20.8 Å². The van der Waals surface area contributed by atoms with Gasteiger partial charge in [0.05, 0.1) is 7.11 Å². The van der Waals surface area contributed by atoms with Crippen molar-refractivity contribution >= 4 is 17.6 Å². The van der Waals surface area contributed by atoms with Crippen LogP contribution in [0.25, 0.3) is 0 Å². The number of carbonyl (C=O) groups is 1. The quantitative estimate of drug-likeness (QED) is 0.494. The van der Waals surface area contributed by atoms with Crippen LogP contribution in [0.15, 0.2) is 24.3 Å². The summed E-state index contributed by atoms with van der Waals surface area (Å²) in [7, 11) is 1.32. The van der Waals surface area contributed by atoms with Crippen molar-refractivity contribution in [3.63, 3.8) is 0 Å². The number of nitrogen functional groups attached to an aromatic ring is 1. The summed E-state index contributed by atoms with van der Waals surface area (Å²) < 4.78 is 11.0. The summed E-state index contributed by atoms with van der Waals surface area (Å²) in [6.45, 7) is 6.92. The number of esters is 1. The molecular formula is C21H27NO4. The zero-order chi connectivity index (χ0) is 19.1. The number of anilines is 1. The maximum absolute atomic E-state index is 12.1. The van der Waals surface area contributed by atoms with Gasteiger partial charge in [-0.2, -0.15) is 0 Å². The number of methoxy groups -OCH3 is 1. The largest absolute Gasteiger partial charge is 0.484 e. The molecule has 2 fully saturated rings. The van der Waals surface area contributed by atoms with E-state index in [0.29, 0.717) is 22.9 Å². The third-order valence-corrected chi connectivity index (χ3v) is 7.16. The molecule has 4 unspecified atom stereocenters. The molecule has 2 aliphatic carbocycles. The van der Waals surface area contributed by atoms with Crippen LogP contribution in [0.1, 0.15) is 50.4 Å². The highest BCUT2D eigenvalue weighted by Gasteiger charge is 2.63. The average molecular weight is 357 g/mol. The number of hydrogen-bond acceptors (Lipinski definition) is 5. The highest BCUT2D eigenvalue weighted by atomic mass is 16.5. The molecule has 4 atom stereocenters. The number of nitrogens with two attached hydrogens (primary N) is 1. The van der Waals surface area contributed by atoms with E-state index in [1.54, 1.807) is 18.2 Å². The van der Waals surface area contributed by atoms with E-state index in [1.807, 2.05) is 5.94 Å². The first-order chi connectivity index (χ1) is 12.2. The van der Waals surface area contributed by atoms with Crippen molar-refractivity contribution in [3.05, 3.63) is 29.8 Å². The number of ether oxygens (including phenoxy) is 2. The fraction of sp³-hybridized carbons (Fsp3) is 0.571. The molecule has 0 heterocycles. The molecule has 1 aromatic rings. The van der Waals surface area contributed by atoms with E-state index < -0.39 is 12.1 Å². The van der Waals surface area contributed by atoms with E-state index in [-0.39, 0.29) is 16.7 Å². The lowest BCUT2D eigenvalue weighted by Gasteiger charge is -2.41. The topological polar surface area (TPSA) is 78.6 Å². The number of fused-ring (bicyclic) bond motifs is 2. The minimum atomic E-state index is -0.492. The highest BCUT2D eigenvalue weighted by molar-refractivity contribution is 5.93. The average Bonchev–Trinajstić information content (AvgIpc) is 2.94. The molecule has 0 aliphatic heterocycles. The SMILES string of the molecule is COC(=O)c1ccc(N)cc1OC(C=C=O)C1CC2CCC1(C)C2(C)C. The third-order valence-electron chi connectivity index (χ3n) is 7.16. The number of rotatable bonds is 5. The lowest BCUT2D eigenvalue weighted by atomic mass is 9.65. The second-order valence-electron chi connectivity index (χ2n) is 8.33. The summed E-state index contributed by atoms with van der Waals surface area (Å²) in [5.74, 6) is 2.55. The van der Waals surface area contributed by atoms with Gasteiger partial charge >= 0.3 is 5.97 Å². The maximum Gasteiger partial charge on any atom is 0.341 e. The Morgan fingerprint density at radius 1 is 1.38 bits per heavy atom. The van der Waals surface area contributed by atoms with Crippen LogP contribution in [0.2, 0.25) is 0 Å². The fourth-order valence-electron chi connectivity index (χ4n) is 5.12. The molecule has 3 rings (SSSR count). The van der Waals surface area contributed by atoms with Gasteiger partial charge in [0, 0.05) is 23.7 Å². The van der Waals surface area contributed by atoms with Gasteiger partial charge in [0.25, 0.3) is 0 Å². The molecule has 5 nitrogen and oxygen atoms in total. The summed E-state index contributed by atoms with van der Waals surface area (Å²) in [5, 5.41) is 0. The first-order valence-corrected chi connectivity index (χ1v) is 9.10. The summed E-state index contributed by atoms with van der Waals surface area (Å²) in [5.41, 5.74) is 6.94. The molecule has 0 amide bonds. The van der Waals surface area contributed by atoms with E-state index in [1.165, 1.54) is 19.6 Å². The standard InChI is InChI=1S/C21H27NO4/c1-20(2)13-7-9-21(20,3)16(11-13)17(8-10-23)26-18-12-14(22)5-6-15(18)19(24)25-4/h5-6,8,12-13,16-17H,7,9,11,22H2,1-4H3. The number of carbonyl (C=O) groups excluding carboxylic acids is 2. The minimum absolute atomic E-state index is 0.0709. The van der Waals surface area contributed by atoms with E-state index >= 15 is 0 Å². The molecule has 5 heteroatoms. The molecule has 1 aromatic carbocycles. The Bertz CT molecular complexity index is 765. The van der Waals surface area contributed by atoms with Crippen LogP contribution in [-0.2, 0) is 9.53 Å². The summed E-state index contributed by atoms with van der Waals surface area (Å²) >= 11 is 0. The van der Waals surface area contributed by atoms with Crippen molar-refractivity contribution in [1.82, 2.24) is 0 Å². The van der Waals surface area contributed by atoms with Crippen molar-refractivity contribution in [3.8, 4) is 5.75 Å². The van der Waals surface area contributed by atoms with Gasteiger partial charge in [-0.15, -0.1) is 0 Å². The van der Waals surface area contributed by atoms with Gasteiger partial charge in [0.1, 0.15) is 23.4 Å². The summed E-state index contributed by atoms with van der Waals surface area (Å²) in [6.07, 6.45) is 4.32. The molecule has 140 valence electrons. The minimum Gasteiger partial charge on any atom is -0.484 e. The van der Waals surface area contributed by atoms with Gasteiger partial charge in [0.2, 0.25) is 0 Å². The maximum atomic E-state index is 12.1. The fourth-order valence-corrected chi connectivity index (χ4v) is 5.12. The highest BCUT2D eigenvalue weighted by Crippen LogP contribution is 2.69.